The van der Waals surface area contributed by atoms with Crippen molar-refractivity contribution in [3.8, 4) is 0 Å². The fraction of sp³-hybridized carbons (Fsp3) is 0.389. The number of ether oxygens (including phenoxy) is 1. The molecule has 1 amide bonds. The van der Waals surface area contributed by atoms with E-state index < -0.39 is 17.7 Å². The maximum absolute atomic E-state index is 12.1. The highest BCUT2D eigenvalue weighted by molar-refractivity contribution is 5.94. The second kappa shape index (κ2) is 6.77. The van der Waals surface area contributed by atoms with Gasteiger partial charge < -0.3 is 10.1 Å². The molecule has 0 fully saturated rings. The molecule has 1 atom stereocenters. The van der Waals surface area contributed by atoms with Crippen molar-refractivity contribution < 1.29 is 14.3 Å². The van der Waals surface area contributed by atoms with Crippen LogP contribution in [0, 0.1) is 0 Å². The predicted octanol–water partition coefficient (Wildman–Crippen LogP) is 3.49. The molecular weight excluding hydrogens is 292 g/mol. The monoisotopic (exact) mass is 314 g/mol. The van der Waals surface area contributed by atoms with E-state index in [0.29, 0.717) is 18.4 Å². The number of carbonyl (C=O) groups is 2. The number of hydrogen-bond acceptors (Lipinski definition) is 4. The normalized spacial score (nSPS) is 15.8. The van der Waals surface area contributed by atoms with Gasteiger partial charge in [-0.05, 0) is 56.0 Å². The summed E-state index contributed by atoms with van der Waals surface area (Å²) in [6.07, 6.45) is 5.53. The van der Waals surface area contributed by atoms with E-state index in [1.165, 1.54) is 0 Å². The number of amides is 1. The highest BCUT2D eigenvalue weighted by Gasteiger charge is 2.26. The predicted molar refractivity (Wildman–Crippen MR) is 87.8 cm³/mol. The van der Waals surface area contributed by atoms with Gasteiger partial charge in [-0.15, -0.1) is 0 Å². The Morgan fingerprint density at radius 3 is 2.65 bits per heavy atom. The van der Waals surface area contributed by atoms with Gasteiger partial charge in [0.2, 0.25) is 0 Å². The first-order valence-electron chi connectivity index (χ1n) is 7.58. The van der Waals surface area contributed by atoms with Crippen molar-refractivity contribution in [1.82, 2.24) is 10.3 Å². The molecule has 1 aliphatic carbocycles. The third-order valence-electron chi connectivity index (χ3n) is 3.42. The Labute approximate surface area is 136 Å². The largest absolute Gasteiger partial charge is 0.444 e. The molecule has 0 saturated heterocycles. The molecule has 1 aliphatic rings. The summed E-state index contributed by atoms with van der Waals surface area (Å²) in [5.41, 5.74) is 1.76. The van der Waals surface area contributed by atoms with Crippen LogP contribution in [0.4, 0.5) is 4.79 Å². The number of nitrogens with one attached hydrogen (secondary N) is 1. The van der Waals surface area contributed by atoms with Gasteiger partial charge in [0.25, 0.3) is 0 Å². The Balaban J connectivity index is 2.23. The summed E-state index contributed by atoms with van der Waals surface area (Å²) in [5, 5.41) is 2.83. The van der Waals surface area contributed by atoms with Crippen LogP contribution in [0.3, 0.4) is 0 Å². The molecule has 0 aromatic carbocycles. The third-order valence-corrected chi connectivity index (χ3v) is 3.42. The lowest BCUT2D eigenvalue weighted by molar-refractivity contribution is -0.114. The summed E-state index contributed by atoms with van der Waals surface area (Å²) < 4.78 is 5.33. The molecule has 5 nitrogen and oxygen atoms in total. The van der Waals surface area contributed by atoms with Gasteiger partial charge in [-0.3, -0.25) is 9.78 Å². The average molecular weight is 314 g/mol. The summed E-state index contributed by atoms with van der Waals surface area (Å²) in [5.74, 6) is 0.0864. The van der Waals surface area contributed by atoms with Crippen LogP contribution in [0.2, 0.25) is 0 Å². The molecule has 1 aromatic rings. The number of pyridine rings is 1. The van der Waals surface area contributed by atoms with E-state index >= 15 is 0 Å². The second-order valence-corrected chi connectivity index (χ2v) is 6.53. The minimum Gasteiger partial charge on any atom is -0.444 e. The van der Waals surface area contributed by atoms with Crippen LogP contribution in [0.25, 0.3) is 0 Å². The zero-order valence-electron chi connectivity index (χ0n) is 13.8. The van der Waals surface area contributed by atoms with Crippen LogP contribution in [-0.4, -0.2) is 22.5 Å². The fourth-order valence-electron chi connectivity index (χ4n) is 2.38. The van der Waals surface area contributed by atoms with Gasteiger partial charge in [0, 0.05) is 18.8 Å². The first-order chi connectivity index (χ1) is 10.8. The summed E-state index contributed by atoms with van der Waals surface area (Å²) in [6, 6.07) is 3.17. The molecule has 23 heavy (non-hydrogen) atoms. The molecule has 0 spiro atoms. The maximum Gasteiger partial charge on any atom is 0.408 e. The van der Waals surface area contributed by atoms with Gasteiger partial charge >= 0.3 is 6.09 Å². The van der Waals surface area contributed by atoms with Crippen molar-refractivity contribution in [1.29, 1.82) is 0 Å². The van der Waals surface area contributed by atoms with Crippen molar-refractivity contribution in [2.45, 2.75) is 45.3 Å². The molecule has 0 radical (unpaired) electrons. The van der Waals surface area contributed by atoms with Crippen molar-refractivity contribution >= 4 is 11.9 Å². The number of nitrogens with zero attached hydrogens (tertiary/aromatic N) is 1. The smallest absolute Gasteiger partial charge is 0.408 e. The van der Waals surface area contributed by atoms with E-state index in [0.717, 1.165) is 11.1 Å². The molecule has 1 unspecified atom stereocenters. The first-order valence-corrected chi connectivity index (χ1v) is 7.58. The molecule has 5 heteroatoms. The van der Waals surface area contributed by atoms with E-state index in [4.69, 9.17) is 4.74 Å². The third kappa shape index (κ3) is 4.77. The van der Waals surface area contributed by atoms with Crippen LogP contribution >= 0.6 is 0 Å². The highest BCUT2D eigenvalue weighted by atomic mass is 16.6. The number of aromatic nitrogens is 1. The van der Waals surface area contributed by atoms with Gasteiger partial charge in [-0.25, -0.2) is 4.79 Å². The highest BCUT2D eigenvalue weighted by Crippen LogP contribution is 2.31. The number of carbonyl (C=O) groups excluding carboxylic acids is 2. The maximum atomic E-state index is 12.1. The lowest BCUT2D eigenvalue weighted by Crippen LogP contribution is -2.35. The summed E-state index contributed by atoms with van der Waals surface area (Å²) in [6.45, 7) is 9.49. The SMILES string of the molecule is C=C(C1=CC(=O)CC1)C(NC(=O)OC(C)(C)C)c1cccnc1. The lowest BCUT2D eigenvalue weighted by Gasteiger charge is -2.25. The molecule has 2 rings (SSSR count). The fourth-order valence-corrected chi connectivity index (χ4v) is 2.38. The zero-order chi connectivity index (χ0) is 17.0. The number of rotatable bonds is 4. The van der Waals surface area contributed by atoms with Gasteiger partial charge in [0.05, 0.1) is 6.04 Å². The second-order valence-electron chi connectivity index (χ2n) is 6.53. The number of hydrogen-bond donors (Lipinski definition) is 1. The number of allylic oxidation sites excluding steroid dienone is 1. The molecule has 1 aromatic heterocycles. The summed E-state index contributed by atoms with van der Waals surface area (Å²) in [4.78, 5) is 27.7. The lowest BCUT2D eigenvalue weighted by atomic mass is 9.94. The number of ketones is 1. The van der Waals surface area contributed by atoms with Gasteiger partial charge in [-0.1, -0.05) is 12.6 Å². The topological polar surface area (TPSA) is 68.3 Å². The van der Waals surface area contributed by atoms with E-state index in [-0.39, 0.29) is 5.78 Å². The average Bonchev–Trinajstić information content (AvgIpc) is 2.90. The van der Waals surface area contributed by atoms with E-state index in [2.05, 4.69) is 16.9 Å². The van der Waals surface area contributed by atoms with Crippen molar-refractivity contribution in [3.05, 3.63) is 53.9 Å². The Morgan fingerprint density at radius 1 is 1.39 bits per heavy atom. The summed E-state index contributed by atoms with van der Waals surface area (Å²) >= 11 is 0. The van der Waals surface area contributed by atoms with Crippen LogP contribution in [-0.2, 0) is 9.53 Å². The van der Waals surface area contributed by atoms with E-state index in [1.807, 2.05) is 6.07 Å². The van der Waals surface area contributed by atoms with Gasteiger partial charge in [0.15, 0.2) is 5.78 Å². The van der Waals surface area contributed by atoms with Crippen molar-refractivity contribution in [2.75, 3.05) is 0 Å². The quantitative estimate of drug-likeness (QED) is 0.923. The number of alkyl carbamates (subject to hydrolysis) is 1. The molecule has 0 aliphatic heterocycles. The standard InChI is InChI=1S/C18H22N2O3/c1-12(13-7-8-15(21)10-13)16(14-6-5-9-19-11-14)20-17(22)23-18(2,3)4/h5-6,9-11,16H,1,7-8H2,2-4H3,(H,20,22). The van der Waals surface area contributed by atoms with E-state index in [9.17, 15) is 9.59 Å². The Bertz CT molecular complexity index is 642. The van der Waals surface area contributed by atoms with Gasteiger partial charge in [-0.2, -0.15) is 0 Å². The molecule has 0 saturated carbocycles. The van der Waals surface area contributed by atoms with Crippen LogP contribution in [0.15, 0.2) is 48.3 Å². The van der Waals surface area contributed by atoms with Crippen molar-refractivity contribution in [2.24, 2.45) is 0 Å². The zero-order valence-corrected chi connectivity index (χ0v) is 13.8. The van der Waals surface area contributed by atoms with Crippen LogP contribution in [0.5, 0.6) is 0 Å². The Morgan fingerprint density at radius 2 is 2.13 bits per heavy atom. The molecule has 1 N–H and O–H groups in total. The van der Waals surface area contributed by atoms with Crippen LogP contribution < -0.4 is 5.32 Å². The molecule has 122 valence electrons. The summed E-state index contributed by atoms with van der Waals surface area (Å²) in [7, 11) is 0. The minimum atomic E-state index is -0.590. The first kappa shape index (κ1) is 16.9. The van der Waals surface area contributed by atoms with Crippen molar-refractivity contribution in [3.63, 3.8) is 0 Å². The molecular formula is C18H22N2O3. The Kier molecular flexibility index (Phi) is 4.98. The molecule has 0 bridgehead atoms. The minimum absolute atomic E-state index is 0.0864. The Hall–Kier alpha value is -2.43. The van der Waals surface area contributed by atoms with E-state index in [1.54, 1.807) is 45.3 Å². The van der Waals surface area contributed by atoms with Gasteiger partial charge in [0.1, 0.15) is 5.60 Å². The van der Waals surface area contributed by atoms with Crippen LogP contribution in [0.1, 0.15) is 45.2 Å². The molecule has 1 heterocycles.